The number of nitrogens with one attached hydrogen (secondary N) is 1. The van der Waals surface area contributed by atoms with Crippen LogP contribution in [0.3, 0.4) is 0 Å². The van der Waals surface area contributed by atoms with Crippen LogP contribution in [0.15, 0.2) is 36.9 Å². The molecule has 0 aliphatic carbocycles. The third-order valence-electron chi connectivity index (χ3n) is 4.79. The number of nitriles is 1. The average Bonchev–Trinajstić information content (AvgIpc) is 3.29. The Morgan fingerprint density at radius 1 is 1.21 bits per heavy atom. The highest BCUT2D eigenvalue weighted by atomic mass is 16.7. The zero-order chi connectivity index (χ0) is 20.5. The molecule has 4 rings (SSSR count). The third-order valence-corrected chi connectivity index (χ3v) is 4.79. The summed E-state index contributed by atoms with van der Waals surface area (Å²) in [4.78, 5) is 14.0. The van der Waals surface area contributed by atoms with Crippen LogP contribution in [0, 0.1) is 16.7 Å². The minimum atomic E-state index is -1.29. The van der Waals surface area contributed by atoms with Gasteiger partial charge in [-0.05, 0) is 6.07 Å². The number of ether oxygens (including phenoxy) is 1. The van der Waals surface area contributed by atoms with Crippen molar-refractivity contribution in [3.63, 3.8) is 0 Å². The summed E-state index contributed by atoms with van der Waals surface area (Å²) < 4.78 is 8.02. The fourth-order valence-electron chi connectivity index (χ4n) is 3.21. The van der Waals surface area contributed by atoms with E-state index in [2.05, 4.69) is 16.0 Å². The normalized spacial score (nSPS) is 23.9. The fourth-order valence-corrected chi connectivity index (χ4v) is 3.21. The summed E-state index contributed by atoms with van der Waals surface area (Å²) >= 11 is 0. The van der Waals surface area contributed by atoms with Crippen LogP contribution in [0.2, 0.25) is 0 Å². The molecule has 1 aromatic carbocycles. The van der Waals surface area contributed by atoms with Crippen LogP contribution in [0.1, 0.15) is 17.4 Å². The average molecular weight is 398 g/mol. The molecule has 0 saturated carbocycles. The van der Waals surface area contributed by atoms with E-state index in [1.54, 1.807) is 24.3 Å². The quantitative estimate of drug-likeness (QED) is 0.417. The van der Waals surface area contributed by atoms with E-state index in [1.807, 2.05) is 0 Å². The first kappa shape index (κ1) is 19.0. The molecule has 0 unspecified atom stereocenters. The molecule has 3 aromatic rings. The van der Waals surface area contributed by atoms with Crippen molar-refractivity contribution in [2.75, 3.05) is 6.61 Å². The summed E-state index contributed by atoms with van der Waals surface area (Å²) in [6.45, 7) is -0.389. The van der Waals surface area contributed by atoms with Crippen molar-refractivity contribution in [1.29, 1.82) is 10.7 Å². The smallest absolute Gasteiger partial charge is 0.192 e. The van der Waals surface area contributed by atoms with Crippen molar-refractivity contribution in [3.05, 3.63) is 53.5 Å². The first-order valence-electron chi connectivity index (χ1n) is 8.77. The van der Waals surface area contributed by atoms with Crippen LogP contribution >= 0.6 is 0 Å². The summed E-state index contributed by atoms with van der Waals surface area (Å²) in [6.07, 6.45) is -1.86. The summed E-state index contributed by atoms with van der Waals surface area (Å²) in [5.74, 6) is 0. The lowest BCUT2D eigenvalue weighted by Crippen LogP contribution is -2.33. The molecule has 1 saturated heterocycles. The van der Waals surface area contributed by atoms with Crippen molar-refractivity contribution in [2.45, 2.75) is 31.1 Å². The standard InChI is InChI=1S/C18H18N6O5/c19-5-10-3-1-2-4-11(10)7-28-24-9-22-17-13(16(24)20)21-8-23(17)18-15(27)14(26)12(6-25)29-18/h1-4,8-9,12,14-15,18,20,25-27H,6-7H2/t12-,14-,15-,18-/m1/s1. The van der Waals surface area contributed by atoms with Crippen LogP contribution in [-0.2, 0) is 11.3 Å². The molecular weight excluding hydrogens is 380 g/mol. The molecule has 4 atom stereocenters. The van der Waals surface area contributed by atoms with Gasteiger partial charge in [0, 0.05) is 5.56 Å². The maximum atomic E-state index is 10.2. The van der Waals surface area contributed by atoms with Crippen molar-refractivity contribution in [3.8, 4) is 6.07 Å². The largest absolute Gasteiger partial charge is 0.406 e. The van der Waals surface area contributed by atoms with Gasteiger partial charge in [0.05, 0.1) is 24.6 Å². The van der Waals surface area contributed by atoms with E-state index in [-0.39, 0.29) is 23.3 Å². The summed E-state index contributed by atoms with van der Waals surface area (Å²) in [5.41, 5.74) is 1.50. The molecule has 0 radical (unpaired) electrons. The predicted octanol–water partition coefficient (Wildman–Crippen LogP) is -1.18. The van der Waals surface area contributed by atoms with Crippen LogP contribution in [-0.4, -0.2) is 59.5 Å². The first-order chi connectivity index (χ1) is 14.0. The summed E-state index contributed by atoms with van der Waals surface area (Å²) in [7, 11) is 0. The van der Waals surface area contributed by atoms with E-state index in [9.17, 15) is 15.3 Å². The number of nitrogens with zero attached hydrogens (tertiary/aromatic N) is 5. The van der Waals surface area contributed by atoms with E-state index in [4.69, 9.17) is 20.2 Å². The Morgan fingerprint density at radius 3 is 2.72 bits per heavy atom. The van der Waals surface area contributed by atoms with Crippen molar-refractivity contribution in [2.24, 2.45) is 0 Å². The van der Waals surface area contributed by atoms with E-state index in [0.29, 0.717) is 11.1 Å². The number of aliphatic hydroxyl groups excluding tert-OH is 3. The number of aliphatic hydroxyl groups is 3. The molecule has 29 heavy (non-hydrogen) atoms. The molecule has 0 bridgehead atoms. The minimum absolute atomic E-state index is 0.0585. The molecule has 1 aliphatic rings. The van der Waals surface area contributed by atoms with Crippen LogP contribution in [0.25, 0.3) is 11.2 Å². The number of aromatic nitrogens is 4. The van der Waals surface area contributed by atoms with Crippen molar-refractivity contribution < 1.29 is 24.9 Å². The summed E-state index contributed by atoms with van der Waals surface area (Å²) in [6, 6.07) is 9.05. The van der Waals surface area contributed by atoms with Crippen LogP contribution in [0.4, 0.5) is 0 Å². The van der Waals surface area contributed by atoms with Gasteiger partial charge in [0.25, 0.3) is 0 Å². The Morgan fingerprint density at radius 2 is 2.00 bits per heavy atom. The Kier molecular flexibility index (Phi) is 4.99. The van der Waals surface area contributed by atoms with Gasteiger partial charge in [-0.25, -0.2) is 9.97 Å². The minimum Gasteiger partial charge on any atom is -0.406 e. The lowest BCUT2D eigenvalue weighted by Gasteiger charge is -2.16. The van der Waals surface area contributed by atoms with E-state index < -0.39 is 31.1 Å². The highest BCUT2D eigenvalue weighted by Crippen LogP contribution is 2.30. The molecule has 150 valence electrons. The maximum Gasteiger partial charge on any atom is 0.192 e. The van der Waals surface area contributed by atoms with E-state index in [1.165, 1.54) is 17.2 Å². The first-order valence-corrected chi connectivity index (χ1v) is 8.77. The highest BCUT2D eigenvalue weighted by molar-refractivity contribution is 5.68. The fraction of sp³-hybridized carbons (Fsp3) is 0.333. The Bertz CT molecular complexity index is 1140. The molecule has 11 heteroatoms. The second kappa shape index (κ2) is 7.61. The molecule has 11 nitrogen and oxygen atoms in total. The molecule has 3 heterocycles. The number of imidazole rings is 1. The molecule has 0 amide bonds. The Hall–Kier alpha value is -3.30. The monoisotopic (exact) mass is 398 g/mol. The zero-order valence-corrected chi connectivity index (χ0v) is 15.1. The van der Waals surface area contributed by atoms with Gasteiger partial charge in [0.2, 0.25) is 0 Å². The molecule has 1 aliphatic heterocycles. The van der Waals surface area contributed by atoms with Crippen molar-refractivity contribution in [1.82, 2.24) is 19.3 Å². The number of benzene rings is 1. The molecule has 1 fully saturated rings. The second-order valence-electron chi connectivity index (χ2n) is 6.51. The molecule has 0 spiro atoms. The molecule has 2 aromatic heterocycles. The number of rotatable bonds is 5. The van der Waals surface area contributed by atoms with Crippen molar-refractivity contribution >= 4 is 11.2 Å². The number of fused-ring (bicyclic) bond motifs is 1. The van der Waals surface area contributed by atoms with Gasteiger partial charge in [-0.2, -0.15) is 9.99 Å². The van der Waals surface area contributed by atoms with Gasteiger partial charge in [-0.3, -0.25) is 9.98 Å². The van der Waals surface area contributed by atoms with Crippen LogP contribution < -0.4 is 10.3 Å². The topological polar surface area (TPSA) is 162 Å². The van der Waals surface area contributed by atoms with Crippen LogP contribution in [0.5, 0.6) is 0 Å². The zero-order valence-electron chi connectivity index (χ0n) is 15.1. The molecular formula is C18H18N6O5. The number of hydrogen-bond donors (Lipinski definition) is 4. The lowest BCUT2D eigenvalue weighted by atomic mass is 10.1. The number of hydrogen-bond acceptors (Lipinski definition) is 9. The third kappa shape index (κ3) is 3.24. The van der Waals surface area contributed by atoms with E-state index in [0.717, 1.165) is 4.73 Å². The van der Waals surface area contributed by atoms with Gasteiger partial charge in [-0.15, -0.1) is 0 Å². The van der Waals surface area contributed by atoms with Gasteiger partial charge in [0.15, 0.2) is 22.9 Å². The summed E-state index contributed by atoms with van der Waals surface area (Å²) in [5, 5.41) is 46.9. The lowest BCUT2D eigenvalue weighted by molar-refractivity contribution is -0.0511. The predicted molar refractivity (Wildman–Crippen MR) is 95.8 cm³/mol. The second-order valence-corrected chi connectivity index (χ2v) is 6.51. The highest BCUT2D eigenvalue weighted by Gasteiger charge is 2.44. The molecule has 4 N–H and O–H groups in total. The SMILES string of the molecule is N#Cc1ccccc1COn1cnc2c(ncn2[C@@H]2O[C@H](CO)[C@@H](O)[C@H]2O)c1=N. The van der Waals surface area contributed by atoms with E-state index >= 15 is 0 Å². The Balaban J connectivity index is 1.61. The Labute approximate surface area is 164 Å². The van der Waals surface area contributed by atoms with Gasteiger partial charge in [0.1, 0.15) is 31.2 Å². The maximum absolute atomic E-state index is 10.2. The van der Waals surface area contributed by atoms with Gasteiger partial charge < -0.3 is 24.9 Å². The van der Waals surface area contributed by atoms with Gasteiger partial charge in [-0.1, -0.05) is 18.2 Å². The van der Waals surface area contributed by atoms with Gasteiger partial charge >= 0.3 is 0 Å².